The van der Waals surface area contributed by atoms with Gasteiger partial charge in [-0.05, 0) is 38.8 Å². The van der Waals surface area contributed by atoms with Gasteiger partial charge in [0.25, 0.3) is 0 Å². The van der Waals surface area contributed by atoms with E-state index in [2.05, 4.69) is 10.3 Å². The highest BCUT2D eigenvalue weighted by Crippen LogP contribution is 2.45. The fraction of sp³-hybridized carbons (Fsp3) is 0.594. The third-order valence-corrected chi connectivity index (χ3v) is 11.6. The summed E-state index contributed by atoms with van der Waals surface area (Å²) in [6.07, 6.45) is -4.92. The summed E-state index contributed by atoms with van der Waals surface area (Å²) < 4.78 is 68.9. The van der Waals surface area contributed by atoms with Gasteiger partial charge in [0.2, 0.25) is 3.79 Å². The Balaban J connectivity index is 1.72. The van der Waals surface area contributed by atoms with Gasteiger partial charge in [-0.1, -0.05) is 40.0 Å². The number of likely N-dealkylation sites (tertiary alicyclic amines) is 1. The number of alkyl halides is 3. The summed E-state index contributed by atoms with van der Waals surface area (Å²) in [7, 11) is 0. The number of benzene rings is 1. The number of piperidine rings is 1. The van der Waals surface area contributed by atoms with Crippen LogP contribution in [0.5, 0.6) is 0 Å². The van der Waals surface area contributed by atoms with Gasteiger partial charge in [0.15, 0.2) is 35.3 Å². The number of carbonyl (C=O) groups excluding carboxylic acids is 4. The number of carbonyl (C=O) groups is 5. The number of aromatic nitrogens is 3. The van der Waals surface area contributed by atoms with Gasteiger partial charge in [-0.25, -0.2) is 22.6 Å². The number of aliphatic hydroxyl groups is 1. The Morgan fingerprint density at radius 1 is 1.00 bits per heavy atom. The summed E-state index contributed by atoms with van der Waals surface area (Å²) in [5.41, 5.74) is -5.62. The van der Waals surface area contributed by atoms with E-state index in [1.807, 2.05) is 0 Å². The molecule has 6 atom stereocenters. The van der Waals surface area contributed by atoms with Crippen LogP contribution in [0.25, 0.3) is 11.3 Å². The lowest BCUT2D eigenvalue weighted by molar-refractivity contribution is -0.212. The third-order valence-electron chi connectivity index (χ3n) is 8.66. The molecule has 0 saturated carbocycles. The Morgan fingerprint density at radius 3 is 2.07 bits per heavy atom. The highest BCUT2D eigenvalue weighted by molar-refractivity contribution is 8.01. The van der Waals surface area contributed by atoms with Crippen LogP contribution in [0, 0.1) is 17.5 Å². The Hall–Kier alpha value is -3.56. The highest BCUT2D eigenvalue weighted by Gasteiger charge is 2.56. The topological polar surface area (TPSA) is 206 Å². The number of halogens is 6. The van der Waals surface area contributed by atoms with Crippen molar-refractivity contribution in [1.29, 1.82) is 0 Å². The lowest BCUT2D eigenvalue weighted by Crippen LogP contribution is -2.60. The van der Waals surface area contributed by atoms with E-state index >= 15 is 0 Å². The van der Waals surface area contributed by atoms with Crippen LogP contribution in [0.2, 0.25) is 0 Å². The molecular formula is C32H36Cl3F3N4O12S. The van der Waals surface area contributed by atoms with Gasteiger partial charge in [0.1, 0.15) is 35.1 Å². The molecule has 55 heavy (non-hydrogen) atoms. The summed E-state index contributed by atoms with van der Waals surface area (Å²) in [6, 6.07) is -0.161. The summed E-state index contributed by atoms with van der Waals surface area (Å²) >= 11 is 18.3. The monoisotopic (exact) mass is 862 g/mol. The molecule has 1 unspecified atom stereocenters. The van der Waals surface area contributed by atoms with Crippen LogP contribution in [0.15, 0.2) is 18.3 Å². The number of nitrogens with zero attached hydrogens (tertiary/aromatic N) is 4. The van der Waals surface area contributed by atoms with Crippen molar-refractivity contribution in [1.82, 2.24) is 19.9 Å². The molecule has 1 amide bonds. The average molecular weight is 864 g/mol. The molecule has 304 valence electrons. The van der Waals surface area contributed by atoms with Crippen LogP contribution in [0.1, 0.15) is 53.5 Å². The van der Waals surface area contributed by atoms with Gasteiger partial charge in [0.05, 0.1) is 11.8 Å². The second-order valence-corrected chi connectivity index (χ2v) is 16.6. The number of hydrogen-bond acceptors (Lipinski definition) is 14. The molecule has 1 aromatic carbocycles. The predicted molar refractivity (Wildman–Crippen MR) is 186 cm³/mol. The fourth-order valence-corrected chi connectivity index (χ4v) is 7.35. The molecular weight excluding hydrogens is 828 g/mol. The lowest BCUT2D eigenvalue weighted by atomic mass is 9.88. The number of rotatable bonds is 11. The zero-order valence-corrected chi connectivity index (χ0v) is 32.8. The van der Waals surface area contributed by atoms with Crippen molar-refractivity contribution in [2.24, 2.45) is 0 Å². The fourth-order valence-electron chi connectivity index (χ4n) is 5.78. The van der Waals surface area contributed by atoms with Crippen molar-refractivity contribution >= 4 is 76.5 Å². The molecule has 2 aliphatic rings. The first kappa shape index (κ1) is 44.2. The summed E-state index contributed by atoms with van der Waals surface area (Å²) in [5, 5.41) is 28.4. The number of hydrogen-bond donors (Lipinski definition) is 2. The lowest BCUT2D eigenvalue weighted by Gasteiger charge is -2.47. The largest absolute Gasteiger partial charge is 0.480 e. The van der Waals surface area contributed by atoms with Gasteiger partial charge >= 0.3 is 30.0 Å². The van der Waals surface area contributed by atoms with Crippen molar-refractivity contribution in [2.75, 3.05) is 19.7 Å². The molecule has 2 saturated heterocycles. The molecule has 1 aromatic heterocycles. The van der Waals surface area contributed by atoms with Crippen LogP contribution in [-0.4, -0.2) is 124 Å². The maximum atomic E-state index is 14.1. The number of carboxylic acids is 1. The van der Waals surface area contributed by atoms with Crippen LogP contribution in [0.3, 0.4) is 0 Å². The van der Waals surface area contributed by atoms with Gasteiger partial charge in [0, 0.05) is 39.4 Å². The molecule has 4 rings (SSSR count). The van der Waals surface area contributed by atoms with E-state index in [1.165, 1.54) is 18.7 Å². The van der Waals surface area contributed by atoms with Crippen molar-refractivity contribution in [3.05, 3.63) is 35.8 Å². The Morgan fingerprint density at radius 2 is 1.56 bits per heavy atom. The first-order valence-electron chi connectivity index (χ1n) is 16.3. The molecule has 0 aliphatic carbocycles. The molecule has 0 bridgehead atoms. The molecule has 0 radical (unpaired) electrons. The summed E-state index contributed by atoms with van der Waals surface area (Å²) in [6.45, 7) is 4.88. The summed E-state index contributed by atoms with van der Waals surface area (Å²) in [4.78, 5) is 63.8. The van der Waals surface area contributed by atoms with E-state index in [0.717, 1.165) is 31.6 Å². The van der Waals surface area contributed by atoms with Crippen molar-refractivity contribution in [2.45, 2.75) is 97.5 Å². The molecule has 23 heteroatoms. The van der Waals surface area contributed by atoms with E-state index in [1.54, 1.807) is 0 Å². The van der Waals surface area contributed by atoms with Crippen molar-refractivity contribution in [3.63, 3.8) is 0 Å². The van der Waals surface area contributed by atoms with Gasteiger partial charge in [-0.15, -0.1) is 16.9 Å². The van der Waals surface area contributed by atoms with Crippen LogP contribution < -0.4 is 0 Å². The molecule has 2 fully saturated rings. The van der Waals surface area contributed by atoms with Crippen molar-refractivity contribution < 1.29 is 71.0 Å². The minimum absolute atomic E-state index is 0.201. The third kappa shape index (κ3) is 10.4. The molecule has 2 aromatic rings. The van der Waals surface area contributed by atoms with Crippen LogP contribution >= 0.6 is 46.6 Å². The van der Waals surface area contributed by atoms with Gasteiger partial charge in [-0.3, -0.25) is 19.2 Å². The Labute approximate surface area is 330 Å². The second kappa shape index (κ2) is 17.3. The number of esters is 3. The van der Waals surface area contributed by atoms with Crippen LogP contribution in [0.4, 0.5) is 18.0 Å². The van der Waals surface area contributed by atoms with Gasteiger partial charge < -0.3 is 38.8 Å². The maximum absolute atomic E-state index is 14.1. The predicted octanol–water partition coefficient (Wildman–Crippen LogP) is 4.35. The average Bonchev–Trinajstić information content (AvgIpc) is 3.54. The molecule has 2 aliphatic heterocycles. The maximum Gasteiger partial charge on any atom is 0.410 e. The summed E-state index contributed by atoms with van der Waals surface area (Å²) in [5.74, 6) is -8.93. The molecule has 0 spiro atoms. The standard InChI is InChI=1S/C32H36Cl3F3N4O12S/c1-14(43)50-13-21-24(51-15(2)44)23(42-12-20(39-40-42)17-10-18(36)22(38)19(37)11-17)25(52-16(3)45)28(53-21)55-26(27(46)47)31(49)6-8-41(9-7-31)29(48)54-30(4,5)32(33,34)35/h10-12,21,23-26,28,49H,6-9,13H2,1-5H3,(H,46,47)/t21-,23+,24+,25-,26?,28+/m1/s1. The minimum Gasteiger partial charge on any atom is -0.480 e. The van der Waals surface area contributed by atoms with E-state index in [9.17, 15) is 47.4 Å². The quantitative estimate of drug-likeness (QED) is 0.139. The first-order chi connectivity index (χ1) is 25.4. The zero-order valence-electron chi connectivity index (χ0n) is 29.7. The zero-order chi connectivity index (χ0) is 41.2. The van der Waals surface area contributed by atoms with E-state index in [0.29, 0.717) is 23.9 Å². The molecule has 2 N–H and O–H groups in total. The van der Waals surface area contributed by atoms with Crippen molar-refractivity contribution in [3.8, 4) is 11.3 Å². The van der Waals surface area contributed by atoms with E-state index in [-0.39, 0.29) is 37.2 Å². The number of thioether (sulfide) groups is 1. The molecule has 3 heterocycles. The number of aliphatic carboxylic acids is 1. The Kier molecular flexibility index (Phi) is 13.9. The van der Waals surface area contributed by atoms with Crippen LogP contribution in [-0.2, 0) is 42.9 Å². The van der Waals surface area contributed by atoms with E-state index in [4.69, 9.17) is 58.5 Å². The number of carboxylic acid groups (broad SMARTS) is 1. The molecule has 16 nitrogen and oxygen atoms in total. The number of amides is 1. The number of ether oxygens (including phenoxy) is 5. The highest BCUT2D eigenvalue weighted by atomic mass is 35.6. The van der Waals surface area contributed by atoms with E-state index < -0.39 is 104 Å². The van der Waals surface area contributed by atoms with Gasteiger partial charge in [-0.2, -0.15) is 0 Å². The minimum atomic E-state index is -2.03. The normalized spacial score (nSPS) is 23.3. The first-order valence-corrected chi connectivity index (χ1v) is 18.4. The Bertz CT molecular complexity index is 1770. The SMILES string of the molecule is CC(=O)OC[C@H]1O[C@@H](SC(C(=O)O)C2(O)CCN(C(=O)OC(C)(C)C(Cl)(Cl)Cl)CC2)[C@H](OC(C)=O)[C@@H](n2cc(-c3cc(F)c(F)c(F)c3)nn2)[C@H]1OC(C)=O. The smallest absolute Gasteiger partial charge is 0.410 e. The second-order valence-electron chi connectivity index (χ2n) is 13.1.